The van der Waals surface area contributed by atoms with Crippen LogP contribution in [0.3, 0.4) is 0 Å². The number of hydrogen-bond donors (Lipinski definition) is 4. The maximum Gasteiger partial charge on any atom is 0.407 e. The lowest BCUT2D eigenvalue weighted by molar-refractivity contribution is 0.0529. The van der Waals surface area contributed by atoms with E-state index in [0.717, 1.165) is 23.3 Å². The van der Waals surface area contributed by atoms with Gasteiger partial charge in [0.1, 0.15) is 5.60 Å². The Bertz CT molecular complexity index is 777. The fourth-order valence-corrected chi connectivity index (χ4v) is 2.49. The van der Waals surface area contributed by atoms with Gasteiger partial charge in [-0.2, -0.15) is 5.26 Å². The minimum atomic E-state index is -0.537. The molecule has 0 bridgehead atoms. The van der Waals surface area contributed by atoms with Gasteiger partial charge in [-0.15, -0.1) is 0 Å². The molecule has 1 aliphatic rings. The van der Waals surface area contributed by atoms with Crippen LogP contribution in [0.2, 0.25) is 0 Å². The van der Waals surface area contributed by atoms with E-state index in [9.17, 15) is 4.79 Å². The molecule has 1 aliphatic carbocycles. The first-order valence-corrected chi connectivity index (χ1v) is 8.81. The van der Waals surface area contributed by atoms with Gasteiger partial charge in [-0.3, -0.25) is 5.32 Å². The Morgan fingerprint density at radius 3 is 2.89 bits per heavy atom. The van der Waals surface area contributed by atoms with Gasteiger partial charge in [0, 0.05) is 37.0 Å². The van der Waals surface area contributed by atoms with Crippen LogP contribution in [0.25, 0.3) is 5.57 Å². The van der Waals surface area contributed by atoms with Crippen molar-refractivity contribution in [2.75, 3.05) is 19.6 Å². The highest BCUT2D eigenvalue weighted by atomic mass is 16.6. The molecule has 1 aromatic heterocycles. The first kappa shape index (κ1) is 20.1. The van der Waals surface area contributed by atoms with Crippen LogP contribution in [0, 0.1) is 11.5 Å². The second-order valence-corrected chi connectivity index (χ2v) is 6.95. The topological polar surface area (TPSA) is 114 Å². The fraction of sp³-hybridized carbons (Fsp3) is 0.421. The van der Waals surface area contributed by atoms with Crippen LogP contribution < -0.4 is 16.0 Å². The number of aromatic nitrogens is 1. The van der Waals surface area contributed by atoms with Crippen molar-refractivity contribution in [1.29, 1.82) is 5.26 Å². The van der Waals surface area contributed by atoms with Crippen LogP contribution >= 0.6 is 0 Å². The number of nitriles is 1. The summed E-state index contributed by atoms with van der Waals surface area (Å²) in [5.74, 6) is 0.356. The predicted octanol–water partition coefficient (Wildman–Crippen LogP) is 2.05. The summed E-state index contributed by atoms with van der Waals surface area (Å²) in [5, 5.41) is 17.1. The third kappa shape index (κ3) is 6.90. The van der Waals surface area contributed by atoms with Crippen molar-refractivity contribution in [2.24, 2.45) is 4.99 Å². The quantitative estimate of drug-likeness (QED) is 0.208. The first-order valence-electron chi connectivity index (χ1n) is 8.81. The zero-order valence-corrected chi connectivity index (χ0v) is 15.9. The summed E-state index contributed by atoms with van der Waals surface area (Å²) in [6.07, 6.45) is 10.3. The minimum absolute atomic E-state index is 0.342. The third-order valence-electron chi connectivity index (χ3n) is 3.60. The van der Waals surface area contributed by atoms with Gasteiger partial charge in [0.15, 0.2) is 6.19 Å². The van der Waals surface area contributed by atoms with Crippen molar-refractivity contribution in [3.8, 4) is 6.19 Å². The number of amides is 1. The summed E-state index contributed by atoms with van der Waals surface area (Å²) in [7, 11) is 0. The zero-order chi connectivity index (χ0) is 19.7. The average Bonchev–Trinajstić information content (AvgIpc) is 2.96. The number of nitrogens with zero attached hydrogens (tertiary/aromatic N) is 2. The van der Waals surface area contributed by atoms with Crippen LogP contribution in [0.4, 0.5) is 4.79 Å². The summed E-state index contributed by atoms with van der Waals surface area (Å²) in [5.41, 5.74) is 2.80. The molecule has 27 heavy (non-hydrogen) atoms. The number of ether oxygens (including phenoxy) is 1. The molecular weight excluding hydrogens is 344 g/mol. The molecule has 0 aromatic carbocycles. The minimum Gasteiger partial charge on any atom is -0.444 e. The maximum absolute atomic E-state index is 11.6. The lowest BCUT2D eigenvalue weighted by Gasteiger charge is -2.19. The van der Waals surface area contributed by atoms with Gasteiger partial charge in [0.05, 0.1) is 6.54 Å². The highest BCUT2D eigenvalue weighted by Crippen LogP contribution is 2.22. The highest BCUT2D eigenvalue weighted by Gasteiger charge is 2.15. The number of alkyl carbamates (subject to hydrolysis) is 1. The molecule has 0 atom stereocenters. The van der Waals surface area contributed by atoms with Crippen molar-refractivity contribution in [1.82, 2.24) is 20.9 Å². The van der Waals surface area contributed by atoms with Crippen molar-refractivity contribution >= 4 is 17.6 Å². The second kappa shape index (κ2) is 9.48. The number of carbonyl (C=O) groups is 1. The molecule has 0 saturated heterocycles. The third-order valence-corrected chi connectivity index (χ3v) is 3.60. The summed E-state index contributed by atoms with van der Waals surface area (Å²) in [6, 6.07) is 2.03. The van der Waals surface area contributed by atoms with E-state index in [-0.39, 0.29) is 0 Å². The van der Waals surface area contributed by atoms with Crippen LogP contribution in [-0.4, -0.2) is 42.3 Å². The number of aliphatic imine (C=N–C) groups is 1. The number of nitrogens with one attached hydrogen (secondary N) is 4. The molecule has 144 valence electrons. The van der Waals surface area contributed by atoms with Gasteiger partial charge >= 0.3 is 6.09 Å². The van der Waals surface area contributed by atoms with Gasteiger partial charge in [-0.25, -0.2) is 9.79 Å². The smallest absolute Gasteiger partial charge is 0.407 e. The molecule has 0 radical (unpaired) electrons. The van der Waals surface area contributed by atoms with Gasteiger partial charge in [0.25, 0.3) is 0 Å². The van der Waals surface area contributed by atoms with E-state index in [1.165, 1.54) is 0 Å². The molecule has 0 aliphatic heterocycles. The van der Waals surface area contributed by atoms with Crippen molar-refractivity contribution in [3.63, 3.8) is 0 Å². The van der Waals surface area contributed by atoms with Crippen LogP contribution in [0.1, 0.15) is 32.0 Å². The summed E-state index contributed by atoms with van der Waals surface area (Å²) >= 11 is 0. The molecule has 0 spiro atoms. The summed E-state index contributed by atoms with van der Waals surface area (Å²) < 4.78 is 5.16. The largest absolute Gasteiger partial charge is 0.444 e. The van der Waals surface area contributed by atoms with Crippen molar-refractivity contribution in [2.45, 2.75) is 32.8 Å². The van der Waals surface area contributed by atoms with Gasteiger partial charge in [0.2, 0.25) is 5.96 Å². The molecule has 4 N–H and O–H groups in total. The second-order valence-electron chi connectivity index (χ2n) is 6.95. The zero-order valence-electron chi connectivity index (χ0n) is 15.9. The number of guanidine groups is 1. The monoisotopic (exact) mass is 370 g/mol. The molecular formula is C19H26N6O2. The van der Waals surface area contributed by atoms with E-state index in [4.69, 9.17) is 10.00 Å². The lowest BCUT2D eigenvalue weighted by Crippen LogP contribution is -2.41. The van der Waals surface area contributed by atoms with E-state index in [1.807, 2.05) is 30.6 Å². The standard InChI is InChI=1S/C19H26N6O2/c1-19(2,3)27-18(26)23-11-10-22-17(25-13-20)24-12-14-6-4-5-7-16-15(14)8-9-21-16/h4-6,8-9,21H,7,10-12H2,1-3H3,(H,23,26)(H2,22,24,25). The van der Waals surface area contributed by atoms with Crippen LogP contribution in [-0.2, 0) is 11.2 Å². The Kier molecular flexibility index (Phi) is 7.06. The van der Waals surface area contributed by atoms with Gasteiger partial charge < -0.3 is 20.4 Å². The van der Waals surface area contributed by atoms with Crippen molar-refractivity contribution in [3.05, 3.63) is 41.7 Å². The Morgan fingerprint density at radius 2 is 2.15 bits per heavy atom. The molecule has 1 aromatic rings. The van der Waals surface area contributed by atoms with Crippen LogP contribution in [0.15, 0.2) is 35.5 Å². The molecule has 1 amide bonds. The fourth-order valence-electron chi connectivity index (χ4n) is 2.49. The number of fused-ring (bicyclic) bond motifs is 1. The maximum atomic E-state index is 11.6. The molecule has 8 nitrogen and oxygen atoms in total. The average molecular weight is 370 g/mol. The molecule has 0 saturated carbocycles. The summed E-state index contributed by atoms with van der Waals surface area (Å²) in [4.78, 5) is 19.3. The number of aromatic amines is 1. The van der Waals surface area contributed by atoms with E-state index >= 15 is 0 Å². The number of rotatable bonds is 5. The van der Waals surface area contributed by atoms with Crippen molar-refractivity contribution < 1.29 is 9.53 Å². The number of H-pyrrole nitrogens is 1. The molecule has 2 rings (SSSR count). The molecule has 0 unspecified atom stereocenters. The normalized spacial score (nSPS) is 13.7. The Morgan fingerprint density at radius 1 is 1.37 bits per heavy atom. The number of allylic oxidation sites excluding steroid dienone is 3. The Hall–Kier alpha value is -3.21. The predicted molar refractivity (Wildman–Crippen MR) is 105 cm³/mol. The van der Waals surface area contributed by atoms with E-state index in [2.05, 4.69) is 32.0 Å². The molecule has 1 heterocycles. The van der Waals surface area contributed by atoms with E-state index in [0.29, 0.717) is 25.6 Å². The lowest BCUT2D eigenvalue weighted by atomic mass is 10.1. The first-order chi connectivity index (χ1) is 12.9. The summed E-state index contributed by atoms with van der Waals surface area (Å²) in [6.45, 7) is 6.58. The number of hydrogen-bond acceptors (Lipinski definition) is 4. The van der Waals surface area contributed by atoms with E-state index < -0.39 is 11.7 Å². The van der Waals surface area contributed by atoms with Gasteiger partial charge in [-0.05, 0) is 32.4 Å². The highest BCUT2D eigenvalue weighted by molar-refractivity contribution is 5.83. The Labute approximate surface area is 159 Å². The Balaban J connectivity index is 1.87. The van der Waals surface area contributed by atoms with Crippen LogP contribution in [0.5, 0.6) is 0 Å². The van der Waals surface area contributed by atoms with Gasteiger partial charge in [-0.1, -0.05) is 18.2 Å². The SMILES string of the molecule is CC(C)(C)OC(=O)NCCNC(=NCC1=CC=CCc2[nH]ccc21)NC#N. The van der Waals surface area contributed by atoms with E-state index in [1.54, 1.807) is 20.8 Å². The molecule has 8 heteroatoms. The molecule has 0 fully saturated rings. The number of carbonyl (C=O) groups excluding carboxylic acids is 1.